The number of nitrogens with zero attached hydrogens (tertiary/aromatic N) is 3. The number of carbonyl (C=O) groups is 2. The Morgan fingerprint density at radius 1 is 1.27 bits per heavy atom. The molecule has 0 spiro atoms. The maximum atomic E-state index is 12.2. The monoisotopic (exact) mass is 354 g/mol. The van der Waals surface area contributed by atoms with Crippen LogP contribution >= 0.6 is 0 Å². The van der Waals surface area contributed by atoms with Crippen LogP contribution in [0.15, 0.2) is 41.5 Å². The molecule has 0 unspecified atom stereocenters. The molecule has 26 heavy (non-hydrogen) atoms. The van der Waals surface area contributed by atoms with E-state index in [9.17, 15) is 14.4 Å². The number of aromatic nitrogens is 4. The summed E-state index contributed by atoms with van der Waals surface area (Å²) in [6, 6.07) is 7.30. The van der Waals surface area contributed by atoms with E-state index in [0.29, 0.717) is 16.7 Å². The molecular formula is C17H14N4O5. The highest BCUT2D eigenvalue weighted by atomic mass is 16.7. The lowest BCUT2D eigenvalue weighted by atomic mass is 10.2. The molecule has 3 heterocycles. The number of hydrogen-bond donors (Lipinski definition) is 1. The molecule has 4 rings (SSSR count). The van der Waals surface area contributed by atoms with Crippen molar-refractivity contribution in [2.24, 2.45) is 0 Å². The second-order valence-electron chi connectivity index (χ2n) is 5.53. The summed E-state index contributed by atoms with van der Waals surface area (Å²) in [5, 5.41) is 0.763. The maximum absolute atomic E-state index is 12.2. The average molecular weight is 354 g/mol. The Morgan fingerprint density at radius 3 is 2.88 bits per heavy atom. The Labute approximate surface area is 145 Å². The molecule has 0 radical (unpaired) electrons. The van der Waals surface area contributed by atoms with Crippen molar-refractivity contribution in [2.45, 2.75) is 13.5 Å². The molecule has 4 aromatic rings. The Bertz CT molecular complexity index is 1220. The van der Waals surface area contributed by atoms with E-state index in [1.807, 2.05) is 24.3 Å². The highest BCUT2D eigenvalue weighted by Crippen LogP contribution is 2.27. The summed E-state index contributed by atoms with van der Waals surface area (Å²) >= 11 is 0. The van der Waals surface area contributed by atoms with Crippen LogP contribution in [0.25, 0.3) is 27.7 Å². The van der Waals surface area contributed by atoms with Gasteiger partial charge in [0.15, 0.2) is 0 Å². The number of ether oxygens (including phenoxy) is 2. The third-order valence-corrected chi connectivity index (χ3v) is 4.00. The van der Waals surface area contributed by atoms with Gasteiger partial charge in [-0.2, -0.15) is 0 Å². The first-order valence-electron chi connectivity index (χ1n) is 7.94. The van der Waals surface area contributed by atoms with Crippen molar-refractivity contribution in [2.75, 3.05) is 6.61 Å². The van der Waals surface area contributed by atoms with Crippen LogP contribution in [-0.4, -0.2) is 37.7 Å². The molecular weight excluding hydrogens is 340 g/mol. The van der Waals surface area contributed by atoms with Crippen molar-refractivity contribution in [1.29, 1.82) is 0 Å². The molecule has 0 atom stereocenters. The highest BCUT2D eigenvalue weighted by Gasteiger charge is 2.20. The summed E-state index contributed by atoms with van der Waals surface area (Å²) in [6.07, 6.45) is 2.10. The smallest absolute Gasteiger partial charge is 0.434 e. The lowest BCUT2D eigenvalue weighted by Gasteiger charge is -2.08. The van der Waals surface area contributed by atoms with Crippen molar-refractivity contribution in [1.82, 2.24) is 18.9 Å². The third-order valence-electron chi connectivity index (χ3n) is 4.00. The second-order valence-corrected chi connectivity index (χ2v) is 5.53. The summed E-state index contributed by atoms with van der Waals surface area (Å²) in [5.41, 5.74) is 1.72. The van der Waals surface area contributed by atoms with Crippen LogP contribution in [0.1, 0.15) is 6.92 Å². The largest absolute Gasteiger partial charge is 0.516 e. The molecule has 3 aromatic heterocycles. The van der Waals surface area contributed by atoms with Crippen molar-refractivity contribution < 1.29 is 19.1 Å². The Morgan fingerprint density at radius 2 is 2.08 bits per heavy atom. The Balaban J connectivity index is 1.92. The summed E-state index contributed by atoms with van der Waals surface area (Å²) in [7, 11) is 0. The standard InChI is InChI=1S/C17H14N4O5/c1-2-25-17(24)26-12(22)9-21-11-6-4-3-5-10(11)13-16(21)20-8-7-18-14(20)15(23)19-13/h3-8H,2,9H2,1H3,(H,19,23). The van der Waals surface area contributed by atoms with Gasteiger partial charge >= 0.3 is 12.1 Å². The summed E-state index contributed by atoms with van der Waals surface area (Å²) in [6.45, 7) is 1.49. The van der Waals surface area contributed by atoms with E-state index in [1.165, 1.54) is 6.20 Å². The molecule has 1 aromatic carbocycles. The first-order valence-corrected chi connectivity index (χ1v) is 7.94. The second kappa shape index (κ2) is 6.03. The fourth-order valence-corrected chi connectivity index (χ4v) is 3.04. The minimum Gasteiger partial charge on any atom is -0.434 e. The molecule has 0 fully saturated rings. The Kier molecular flexibility index (Phi) is 3.68. The molecule has 9 heteroatoms. The van der Waals surface area contributed by atoms with Crippen molar-refractivity contribution in [3.8, 4) is 0 Å². The van der Waals surface area contributed by atoms with E-state index >= 15 is 0 Å². The number of para-hydroxylation sites is 1. The third kappa shape index (κ3) is 2.41. The number of nitrogens with one attached hydrogen (secondary N) is 1. The van der Waals surface area contributed by atoms with Gasteiger partial charge in [-0.1, -0.05) is 18.2 Å². The minimum atomic E-state index is -1.04. The van der Waals surface area contributed by atoms with Crippen LogP contribution < -0.4 is 5.56 Å². The van der Waals surface area contributed by atoms with Crippen LogP contribution in [0.3, 0.4) is 0 Å². The summed E-state index contributed by atoms with van der Waals surface area (Å²) in [5.74, 6) is -0.773. The lowest BCUT2D eigenvalue weighted by Crippen LogP contribution is -2.19. The van der Waals surface area contributed by atoms with Crippen LogP contribution in [0.4, 0.5) is 4.79 Å². The number of imidazole rings is 1. The number of aromatic amines is 1. The van der Waals surface area contributed by atoms with E-state index < -0.39 is 12.1 Å². The number of H-pyrrole nitrogens is 1. The van der Waals surface area contributed by atoms with E-state index in [0.717, 1.165) is 5.39 Å². The molecule has 0 saturated heterocycles. The van der Waals surface area contributed by atoms with Gasteiger partial charge in [0.2, 0.25) is 5.65 Å². The van der Waals surface area contributed by atoms with Gasteiger partial charge in [-0.25, -0.2) is 14.6 Å². The molecule has 0 aliphatic rings. The van der Waals surface area contributed by atoms with Crippen molar-refractivity contribution in [3.63, 3.8) is 0 Å². The van der Waals surface area contributed by atoms with Gasteiger partial charge in [0.05, 0.1) is 17.6 Å². The molecule has 0 aliphatic carbocycles. The number of esters is 1. The quantitative estimate of drug-likeness (QED) is 0.444. The van der Waals surface area contributed by atoms with Gasteiger partial charge in [-0.3, -0.25) is 9.20 Å². The van der Waals surface area contributed by atoms with Gasteiger partial charge in [-0.05, 0) is 13.0 Å². The summed E-state index contributed by atoms with van der Waals surface area (Å²) < 4.78 is 12.6. The fraction of sp³-hybridized carbons (Fsp3) is 0.176. The molecule has 0 saturated carbocycles. The molecule has 1 N–H and O–H groups in total. The maximum Gasteiger partial charge on any atom is 0.516 e. The number of carbonyl (C=O) groups excluding carboxylic acids is 2. The summed E-state index contributed by atoms with van der Waals surface area (Å²) in [4.78, 5) is 42.7. The van der Waals surface area contributed by atoms with Gasteiger partial charge < -0.3 is 19.0 Å². The van der Waals surface area contributed by atoms with E-state index in [2.05, 4.69) is 19.4 Å². The Hall–Kier alpha value is -3.62. The fourth-order valence-electron chi connectivity index (χ4n) is 3.04. The van der Waals surface area contributed by atoms with Gasteiger partial charge in [0.1, 0.15) is 12.2 Å². The number of rotatable bonds is 3. The van der Waals surface area contributed by atoms with Crippen molar-refractivity contribution >= 4 is 39.8 Å². The van der Waals surface area contributed by atoms with Gasteiger partial charge in [0.25, 0.3) is 5.56 Å². The first-order chi connectivity index (χ1) is 12.6. The number of benzene rings is 1. The zero-order valence-electron chi connectivity index (χ0n) is 13.8. The van der Waals surface area contributed by atoms with E-state index in [4.69, 9.17) is 0 Å². The van der Waals surface area contributed by atoms with E-state index in [1.54, 1.807) is 22.1 Å². The molecule has 0 bridgehead atoms. The van der Waals surface area contributed by atoms with Crippen molar-refractivity contribution in [3.05, 3.63) is 47.0 Å². The number of hydrogen-bond acceptors (Lipinski definition) is 6. The molecule has 0 amide bonds. The molecule has 132 valence electrons. The van der Waals surface area contributed by atoms with Gasteiger partial charge in [-0.15, -0.1) is 0 Å². The zero-order chi connectivity index (χ0) is 18.3. The van der Waals surface area contributed by atoms with Crippen LogP contribution in [0, 0.1) is 0 Å². The van der Waals surface area contributed by atoms with Crippen LogP contribution in [0.2, 0.25) is 0 Å². The molecule has 0 aliphatic heterocycles. The minimum absolute atomic E-state index is 0.110. The van der Waals surface area contributed by atoms with Crippen LogP contribution in [0.5, 0.6) is 0 Å². The first kappa shape index (κ1) is 15.9. The molecule has 9 nitrogen and oxygen atoms in total. The van der Waals surface area contributed by atoms with Crippen LogP contribution in [-0.2, 0) is 20.8 Å². The predicted octanol–water partition coefficient (Wildman–Crippen LogP) is 1.83. The average Bonchev–Trinajstić information content (AvgIpc) is 3.20. The lowest BCUT2D eigenvalue weighted by molar-refractivity contribution is -0.140. The van der Waals surface area contributed by atoms with E-state index in [-0.39, 0.29) is 24.4 Å². The highest BCUT2D eigenvalue weighted by molar-refractivity contribution is 6.05. The zero-order valence-corrected chi connectivity index (χ0v) is 13.8. The SMILES string of the molecule is CCOC(=O)OC(=O)Cn1c2ccccc2c2[nH]c(=O)c3nccn3c21. The number of fused-ring (bicyclic) bond motifs is 5. The van der Waals surface area contributed by atoms with Gasteiger partial charge in [0, 0.05) is 17.8 Å². The normalized spacial score (nSPS) is 11.3. The predicted molar refractivity (Wildman–Crippen MR) is 91.9 cm³/mol. The topological polar surface area (TPSA) is 108 Å².